The lowest BCUT2D eigenvalue weighted by Gasteiger charge is -2.15. The fourth-order valence-electron chi connectivity index (χ4n) is 0.678. The van der Waals surface area contributed by atoms with Gasteiger partial charge in [-0.1, -0.05) is 5.16 Å². The Morgan fingerprint density at radius 3 is 2.77 bits per heavy atom. The second kappa shape index (κ2) is 6.59. The fourth-order valence-corrected chi connectivity index (χ4v) is 1.13. The Morgan fingerprint density at radius 2 is 2.31 bits per heavy atom. The molecule has 0 aliphatic rings. The Balaban J connectivity index is 3.82. The Bertz CT molecular complexity index is 196. The van der Waals surface area contributed by atoms with E-state index < -0.39 is 0 Å². The molecule has 0 bridgehead atoms. The molecule has 0 aromatic rings. The number of amidine groups is 1. The molecule has 1 amide bonds. The van der Waals surface area contributed by atoms with Crippen molar-refractivity contribution in [1.29, 1.82) is 0 Å². The van der Waals surface area contributed by atoms with Crippen molar-refractivity contribution in [2.45, 2.75) is 6.42 Å². The summed E-state index contributed by atoms with van der Waals surface area (Å²) in [5, 5.41) is 11.0. The lowest BCUT2D eigenvalue weighted by atomic mass is 10.3. The van der Waals surface area contributed by atoms with Crippen LogP contribution in [-0.2, 0) is 4.79 Å². The molecule has 0 saturated carbocycles. The lowest BCUT2D eigenvalue weighted by Crippen LogP contribution is -2.32. The number of nitrogens with two attached hydrogens (primary N) is 1. The van der Waals surface area contributed by atoms with Crippen LogP contribution < -0.4 is 5.73 Å². The third kappa shape index (κ3) is 5.35. The van der Waals surface area contributed by atoms with Crippen LogP contribution in [0.5, 0.6) is 0 Å². The number of nitrogens with zero attached hydrogens (tertiary/aromatic N) is 2. The molecule has 0 aliphatic carbocycles. The third-order valence-corrected chi connectivity index (χ3v) is 2.11. The van der Waals surface area contributed by atoms with Gasteiger partial charge in [-0.2, -0.15) is 11.8 Å². The van der Waals surface area contributed by atoms with Gasteiger partial charge < -0.3 is 15.8 Å². The molecule has 5 nitrogen and oxygen atoms in total. The van der Waals surface area contributed by atoms with E-state index in [-0.39, 0.29) is 18.2 Å². The number of carbonyl (C=O) groups excluding carboxylic acids is 1. The minimum atomic E-state index is -0.135. The van der Waals surface area contributed by atoms with Gasteiger partial charge in [0.1, 0.15) is 5.84 Å². The first kappa shape index (κ1) is 12.1. The van der Waals surface area contributed by atoms with E-state index >= 15 is 0 Å². The first-order chi connectivity index (χ1) is 6.11. The van der Waals surface area contributed by atoms with E-state index in [4.69, 9.17) is 10.9 Å². The van der Waals surface area contributed by atoms with E-state index in [0.717, 1.165) is 5.75 Å². The molecule has 0 heterocycles. The summed E-state index contributed by atoms with van der Waals surface area (Å²) < 4.78 is 0. The van der Waals surface area contributed by atoms with Crippen LogP contribution >= 0.6 is 11.8 Å². The highest BCUT2D eigenvalue weighted by atomic mass is 32.2. The van der Waals surface area contributed by atoms with Gasteiger partial charge in [0.2, 0.25) is 5.91 Å². The topological polar surface area (TPSA) is 78.9 Å². The van der Waals surface area contributed by atoms with Gasteiger partial charge in [-0.05, 0) is 6.26 Å². The summed E-state index contributed by atoms with van der Waals surface area (Å²) in [6.45, 7) is 0.679. The van der Waals surface area contributed by atoms with Crippen LogP contribution in [0.25, 0.3) is 0 Å². The molecule has 6 heteroatoms. The van der Waals surface area contributed by atoms with Gasteiger partial charge in [-0.3, -0.25) is 4.79 Å². The molecule has 0 radical (unpaired) electrons. The minimum Gasteiger partial charge on any atom is -0.409 e. The molecule has 3 N–H and O–H groups in total. The summed E-state index contributed by atoms with van der Waals surface area (Å²) in [5.41, 5.74) is 5.19. The molecule has 0 aliphatic heterocycles. The van der Waals surface area contributed by atoms with Crippen molar-refractivity contribution in [2.24, 2.45) is 10.9 Å². The molecule has 0 fully saturated rings. The molecule has 13 heavy (non-hydrogen) atoms. The molecule has 0 unspecified atom stereocenters. The van der Waals surface area contributed by atoms with Crippen LogP contribution in [0, 0.1) is 0 Å². The number of hydrogen-bond acceptors (Lipinski definition) is 4. The predicted molar refractivity (Wildman–Crippen MR) is 54.0 cm³/mol. The summed E-state index contributed by atoms with van der Waals surface area (Å²) >= 11 is 1.67. The van der Waals surface area contributed by atoms with Gasteiger partial charge in [0.05, 0.1) is 6.42 Å². The maximum Gasteiger partial charge on any atom is 0.230 e. The number of rotatable bonds is 5. The molecule has 0 aromatic carbocycles. The number of hydrogen-bond donors (Lipinski definition) is 2. The van der Waals surface area contributed by atoms with E-state index in [1.54, 1.807) is 23.7 Å². The maximum atomic E-state index is 11.3. The standard InChI is InChI=1S/C7H15N3O2S/c1-10(3-4-13-2)7(11)5-6(8)9-12/h12H,3-5H2,1-2H3,(H2,8,9). The summed E-state index contributed by atoms with van der Waals surface area (Å²) in [5.74, 6) is 0.698. The first-order valence-corrected chi connectivity index (χ1v) is 5.20. The molecule has 76 valence electrons. The van der Waals surface area contributed by atoms with E-state index in [1.165, 1.54) is 0 Å². The van der Waals surface area contributed by atoms with Crippen molar-refractivity contribution < 1.29 is 10.0 Å². The molecule has 0 saturated heterocycles. The molecule has 0 aromatic heterocycles. The summed E-state index contributed by atoms with van der Waals surface area (Å²) in [6, 6.07) is 0. The zero-order valence-corrected chi connectivity index (χ0v) is 8.67. The van der Waals surface area contributed by atoms with Crippen LogP contribution in [0.15, 0.2) is 5.16 Å². The fraction of sp³-hybridized carbons (Fsp3) is 0.714. The SMILES string of the molecule is CSCCN(C)C(=O)CC(N)=NO. The van der Waals surface area contributed by atoms with E-state index in [2.05, 4.69) is 5.16 Å². The van der Waals surface area contributed by atoms with Gasteiger partial charge in [0.15, 0.2) is 0 Å². The number of carbonyl (C=O) groups is 1. The van der Waals surface area contributed by atoms with Crippen molar-refractivity contribution in [1.82, 2.24) is 4.90 Å². The largest absolute Gasteiger partial charge is 0.409 e. The third-order valence-electron chi connectivity index (χ3n) is 1.52. The average Bonchev–Trinajstić information content (AvgIpc) is 2.13. The Morgan fingerprint density at radius 1 is 1.69 bits per heavy atom. The molecular formula is C7H15N3O2S. The van der Waals surface area contributed by atoms with Gasteiger partial charge in [0, 0.05) is 19.3 Å². The first-order valence-electron chi connectivity index (χ1n) is 3.81. The monoisotopic (exact) mass is 205 g/mol. The quantitative estimate of drug-likeness (QED) is 0.285. The predicted octanol–water partition coefficient (Wildman–Crippen LogP) is -0.0557. The lowest BCUT2D eigenvalue weighted by molar-refractivity contribution is -0.128. The van der Waals surface area contributed by atoms with E-state index in [1.807, 2.05) is 6.26 Å². The van der Waals surface area contributed by atoms with Crippen LogP contribution in [0.2, 0.25) is 0 Å². The maximum absolute atomic E-state index is 11.3. The zero-order chi connectivity index (χ0) is 10.3. The van der Waals surface area contributed by atoms with Crippen LogP contribution in [-0.4, -0.2) is 47.5 Å². The Hall–Kier alpha value is -0.910. The number of thioether (sulfide) groups is 1. The minimum absolute atomic E-state index is 0.0264. The van der Waals surface area contributed by atoms with Gasteiger partial charge in [0.25, 0.3) is 0 Å². The molecule has 0 spiro atoms. The average molecular weight is 205 g/mol. The van der Waals surface area contributed by atoms with Crippen LogP contribution in [0.1, 0.15) is 6.42 Å². The number of oxime groups is 1. The van der Waals surface area contributed by atoms with Crippen molar-refractivity contribution in [2.75, 3.05) is 25.6 Å². The Kier molecular flexibility index (Phi) is 6.13. The van der Waals surface area contributed by atoms with Crippen molar-refractivity contribution in [3.05, 3.63) is 0 Å². The van der Waals surface area contributed by atoms with E-state index in [9.17, 15) is 4.79 Å². The van der Waals surface area contributed by atoms with E-state index in [0.29, 0.717) is 6.54 Å². The van der Waals surface area contributed by atoms with Gasteiger partial charge in [-0.15, -0.1) is 0 Å². The smallest absolute Gasteiger partial charge is 0.230 e. The van der Waals surface area contributed by atoms with Crippen molar-refractivity contribution in [3.8, 4) is 0 Å². The molecule has 0 rings (SSSR count). The van der Waals surface area contributed by atoms with Gasteiger partial charge >= 0.3 is 0 Å². The second-order valence-electron chi connectivity index (χ2n) is 2.58. The summed E-state index contributed by atoms with van der Waals surface area (Å²) in [7, 11) is 1.70. The summed E-state index contributed by atoms with van der Waals surface area (Å²) in [4.78, 5) is 12.8. The molecular weight excluding hydrogens is 190 g/mol. The van der Waals surface area contributed by atoms with Crippen molar-refractivity contribution in [3.63, 3.8) is 0 Å². The molecule has 0 atom stereocenters. The highest BCUT2D eigenvalue weighted by Crippen LogP contribution is 1.96. The van der Waals surface area contributed by atoms with Crippen molar-refractivity contribution >= 4 is 23.5 Å². The van der Waals surface area contributed by atoms with Gasteiger partial charge in [-0.25, -0.2) is 0 Å². The zero-order valence-electron chi connectivity index (χ0n) is 7.86. The Labute approximate surface area is 82.0 Å². The highest BCUT2D eigenvalue weighted by Gasteiger charge is 2.09. The second-order valence-corrected chi connectivity index (χ2v) is 3.56. The normalized spacial score (nSPS) is 11.4. The van der Waals surface area contributed by atoms with Crippen LogP contribution in [0.4, 0.5) is 0 Å². The summed E-state index contributed by atoms with van der Waals surface area (Å²) in [6.07, 6.45) is 1.95. The van der Waals surface area contributed by atoms with Crippen LogP contribution in [0.3, 0.4) is 0 Å². The number of amides is 1. The highest BCUT2D eigenvalue weighted by molar-refractivity contribution is 7.98.